The van der Waals surface area contributed by atoms with Gasteiger partial charge in [0.15, 0.2) is 11.5 Å². The minimum Gasteiger partial charge on any atom is -0.467 e. The van der Waals surface area contributed by atoms with E-state index in [4.69, 9.17) is 35.2 Å². The van der Waals surface area contributed by atoms with E-state index < -0.39 is 101 Å². The van der Waals surface area contributed by atoms with Gasteiger partial charge in [0.05, 0.1) is 31.7 Å². The SMILES string of the molecule is COC(=O)[C@@]12OC[C@]34C([C@@H](O)[C@@H]1O)[C@@]1(C)CC(=O)C(OC(=O)C[C@H](C)N)=C(C)[C@@H]1C[C@H]3OC(=O)[C@H](OC(=O)C=C(C)C)[C@@]24N. The zero-order valence-corrected chi connectivity index (χ0v) is 25.6. The van der Waals surface area contributed by atoms with Crippen LogP contribution in [0.3, 0.4) is 0 Å². The van der Waals surface area contributed by atoms with Crippen molar-refractivity contribution in [1.29, 1.82) is 0 Å². The number of allylic oxidation sites excluding steroid dienone is 3. The van der Waals surface area contributed by atoms with Gasteiger partial charge in [0, 0.05) is 24.5 Å². The van der Waals surface area contributed by atoms with Crippen LogP contribution in [0, 0.1) is 22.7 Å². The van der Waals surface area contributed by atoms with Gasteiger partial charge in [0.25, 0.3) is 0 Å². The molecule has 0 amide bonds. The first kappa shape index (κ1) is 32.2. The summed E-state index contributed by atoms with van der Waals surface area (Å²) in [5.74, 6) is -6.33. The van der Waals surface area contributed by atoms with Gasteiger partial charge in [0.1, 0.15) is 17.7 Å². The predicted octanol–water partition coefficient (Wildman–Crippen LogP) is -0.679. The van der Waals surface area contributed by atoms with Crippen LogP contribution in [0.4, 0.5) is 0 Å². The Morgan fingerprint density at radius 1 is 1.20 bits per heavy atom. The number of carbonyl (C=O) groups excluding carboxylic acids is 5. The summed E-state index contributed by atoms with van der Waals surface area (Å²) in [7, 11) is 1.03. The molecule has 0 radical (unpaired) electrons. The van der Waals surface area contributed by atoms with Gasteiger partial charge >= 0.3 is 23.9 Å². The standard InChI is InChI=1S/C30H40N2O12/c1-12(2)7-18(34)44-24-25(38)42-17-9-15-14(4)21(43-19(35)8-13(3)31)16(33)10-27(15,5)22-20(36)23(37)29(26(39)40-6)30(24,32)28(17,22)11-41-29/h7,13,15,17,20,22-24,36-37H,8-11,31-32H2,1-6H3/t13-,15-,17+,20+,22?,23-,24-,27-,28+,29-,30-/m0/s1. The summed E-state index contributed by atoms with van der Waals surface area (Å²) in [6.45, 7) is 7.83. The van der Waals surface area contributed by atoms with Gasteiger partial charge in [-0.2, -0.15) is 0 Å². The van der Waals surface area contributed by atoms with Crippen molar-refractivity contribution in [3.63, 3.8) is 0 Å². The zero-order chi connectivity index (χ0) is 32.7. The van der Waals surface area contributed by atoms with Crippen LogP contribution in [-0.2, 0) is 47.7 Å². The third-order valence-electron chi connectivity index (χ3n) is 10.5. The number of ketones is 1. The topological polar surface area (TPSA) is 224 Å². The smallest absolute Gasteiger partial charge is 0.349 e. The average Bonchev–Trinajstić information content (AvgIpc) is 3.13. The second kappa shape index (κ2) is 10.4. The first-order chi connectivity index (χ1) is 20.4. The van der Waals surface area contributed by atoms with Crippen molar-refractivity contribution < 1.29 is 57.9 Å². The number of hydrogen-bond acceptors (Lipinski definition) is 14. The Morgan fingerprint density at radius 2 is 1.86 bits per heavy atom. The van der Waals surface area contributed by atoms with E-state index in [0.717, 1.165) is 13.2 Å². The lowest BCUT2D eigenvalue weighted by atomic mass is 9.36. The lowest BCUT2D eigenvalue weighted by Gasteiger charge is -2.70. The third kappa shape index (κ3) is 3.94. The first-order valence-corrected chi connectivity index (χ1v) is 14.6. The maximum atomic E-state index is 13.7. The maximum Gasteiger partial charge on any atom is 0.349 e. The molecule has 1 unspecified atom stereocenters. The van der Waals surface area contributed by atoms with Crippen molar-refractivity contribution in [2.75, 3.05) is 13.7 Å². The lowest BCUT2D eigenvalue weighted by Crippen LogP contribution is -2.90. The van der Waals surface area contributed by atoms with Crippen molar-refractivity contribution in [3.05, 3.63) is 23.0 Å². The Labute approximate surface area is 254 Å². The van der Waals surface area contributed by atoms with Crippen LogP contribution >= 0.6 is 0 Å². The summed E-state index contributed by atoms with van der Waals surface area (Å²) < 4.78 is 28.1. The minimum absolute atomic E-state index is 0.0310. The van der Waals surface area contributed by atoms with Crippen molar-refractivity contribution in [2.45, 2.75) is 95.5 Å². The Kier molecular flexibility index (Phi) is 7.65. The molecule has 4 fully saturated rings. The summed E-state index contributed by atoms with van der Waals surface area (Å²) in [4.78, 5) is 66.3. The fourth-order valence-electron chi connectivity index (χ4n) is 8.94. The molecule has 242 valence electrons. The zero-order valence-electron chi connectivity index (χ0n) is 25.6. The number of hydrogen-bond donors (Lipinski definition) is 4. The highest BCUT2D eigenvalue weighted by Gasteiger charge is 2.91. The highest BCUT2D eigenvalue weighted by molar-refractivity contribution is 5.98. The largest absolute Gasteiger partial charge is 0.467 e. The fourth-order valence-corrected chi connectivity index (χ4v) is 8.94. The van der Waals surface area contributed by atoms with E-state index in [1.165, 1.54) is 0 Å². The van der Waals surface area contributed by atoms with Crippen molar-refractivity contribution in [3.8, 4) is 0 Å². The van der Waals surface area contributed by atoms with Crippen LogP contribution in [0.5, 0.6) is 0 Å². The monoisotopic (exact) mass is 620 g/mol. The molecule has 1 spiro atoms. The van der Waals surface area contributed by atoms with Gasteiger partial charge < -0.3 is 45.4 Å². The molecule has 44 heavy (non-hydrogen) atoms. The molecule has 6 N–H and O–H groups in total. The number of methoxy groups -OCH3 is 1. The van der Waals surface area contributed by atoms with Gasteiger partial charge in [0.2, 0.25) is 11.7 Å². The highest BCUT2D eigenvalue weighted by Crippen LogP contribution is 2.73. The molecule has 11 atom stereocenters. The van der Waals surface area contributed by atoms with E-state index in [1.807, 2.05) is 0 Å². The Morgan fingerprint density at radius 3 is 2.45 bits per heavy atom. The fraction of sp³-hybridized carbons (Fsp3) is 0.700. The Bertz CT molecular complexity index is 1390. The van der Waals surface area contributed by atoms with Crippen molar-refractivity contribution >= 4 is 29.7 Å². The normalized spacial score (nSPS) is 42.8. The molecule has 0 aromatic carbocycles. The summed E-state index contributed by atoms with van der Waals surface area (Å²) in [5, 5.41) is 23.7. The molecule has 0 aromatic rings. The van der Waals surface area contributed by atoms with Crippen molar-refractivity contribution in [2.24, 2.45) is 34.1 Å². The lowest BCUT2D eigenvalue weighted by molar-refractivity contribution is -0.297. The quantitative estimate of drug-likeness (QED) is 0.164. The van der Waals surface area contributed by atoms with Crippen LogP contribution in [0.1, 0.15) is 53.9 Å². The van der Waals surface area contributed by atoms with Gasteiger partial charge in [-0.25, -0.2) is 14.4 Å². The summed E-state index contributed by atoms with van der Waals surface area (Å²) in [6.07, 6.45) is -6.13. The number of rotatable bonds is 6. The third-order valence-corrected chi connectivity index (χ3v) is 10.5. The molecule has 2 aliphatic heterocycles. The van der Waals surface area contributed by atoms with Crippen LogP contribution in [0.2, 0.25) is 0 Å². The molecular weight excluding hydrogens is 580 g/mol. The van der Waals surface area contributed by atoms with E-state index in [0.29, 0.717) is 11.1 Å². The van der Waals surface area contributed by atoms with Crippen LogP contribution in [0.25, 0.3) is 0 Å². The highest BCUT2D eigenvalue weighted by atomic mass is 16.6. The number of aliphatic hydroxyl groups excluding tert-OH is 2. The number of fused-ring (bicyclic) bond motifs is 2. The molecule has 2 heterocycles. The second-order valence-electron chi connectivity index (χ2n) is 13.4. The molecule has 2 saturated carbocycles. The molecule has 14 nitrogen and oxygen atoms in total. The molecule has 2 saturated heterocycles. The van der Waals surface area contributed by atoms with E-state index >= 15 is 0 Å². The molecule has 14 heteroatoms. The predicted molar refractivity (Wildman–Crippen MR) is 148 cm³/mol. The van der Waals surface area contributed by atoms with Crippen LogP contribution in [-0.4, -0.2) is 95.2 Å². The van der Waals surface area contributed by atoms with Crippen molar-refractivity contribution in [1.82, 2.24) is 0 Å². The number of esters is 4. The first-order valence-electron chi connectivity index (χ1n) is 14.6. The average molecular weight is 621 g/mol. The Hall–Kier alpha value is -3.17. The second-order valence-corrected chi connectivity index (χ2v) is 13.4. The minimum atomic E-state index is -2.54. The number of aliphatic hydroxyl groups is 2. The summed E-state index contributed by atoms with van der Waals surface area (Å²) >= 11 is 0. The summed E-state index contributed by atoms with van der Waals surface area (Å²) in [5.41, 5.74) is 6.17. The number of carbonyl (C=O) groups is 5. The van der Waals surface area contributed by atoms with E-state index in [1.54, 1.807) is 34.6 Å². The van der Waals surface area contributed by atoms with E-state index in [2.05, 4.69) is 0 Å². The van der Waals surface area contributed by atoms with Gasteiger partial charge in [-0.3, -0.25) is 9.59 Å². The Balaban J connectivity index is 1.71. The number of ether oxygens (including phenoxy) is 5. The van der Waals surface area contributed by atoms with Crippen LogP contribution < -0.4 is 11.5 Å². The molecule has 0 aromatic heterocycles. The molecular formula is C30H40N2O12. The van der Waals surface area contributed by atoms with Gasteiger partial charge in [-0.15, -0.1) is 0 Å². The molecule has 2 bridgehead atoms. The van der Waals surface area contributed by atoms with Crippen LogP contribution in [0.15, 0.2) is 23.0 Å². The summed E-state index contributed by atoms with van der Waals surface area (Å²) in [6, 6.07) is -0.503. The molecule has 3 aliphatic carbocycles. The maximum absolute atomic E-state index is 13.7. The number of nitrogens with two attached hydrogens (primary N) is 2. The van der Waals surface area contributed by atoms with Gasteiger partial charge in [-0.1, -0.05) is 12.5 Å². The van der Waals surface area contributed by atoms with Gasteiger partial charge in [-0.05, 0) is 51.0 Å². The molecule has 5 aliphatic rings. The number of Topliss-reactive ketones (excluding diaryl/α,β-unsaturated/α-hetero) is 1. The van der Waals surface area contributed by atoms with E-state index in [-0.39, 0.29) is 25.0 Å². The van der Waals surface area contributed by atoms with E-state index in [9.17, 15) is 34.2 Å². The molecule has 5 rings (SSSR count).